The van der Waals surface area contributed by atoms with E-state index in [-0.39, 0.29) is 30.7 Å². The van der Waals surface area contributed by atoms with Crippen LogP contribution in [0.25, 0.3) is 0 Å². The molecule has 0 saturated heterocycles. The van der Waals surface area contributed by atoms with Crippen LogP contribution in [0, 0.1) is 33.6 Å². The van der Waals surface area contributed by atoms with Crippen molar-refractivity contribution in [2.24, 2.45) is 11.7 Å². The lowest BCUT2D eigenvalue weighted by Crippen LogP contribution is -2.53. The van der Waals surface area contributed by atoms with Crippen LogP contribution in [0.4, 0.5) is 10.5 Å². The number of carbonyl (C=O) groups is 4. The molecule has 0 aromatic heterocycles. The molecule has 4 unspecified atom stereocenters. The second kappa shape index (κ2) is 12.7. The standard InChI is InChI=1S/C32H44N4O5/c1-18-12-13-23(16-21(18)4)28(29(38)35-27-19(2)10-9-11-20(27)3)36(25-17-22(25)5)30(39)24(14-15-26(33)37)34-31(40)41-32(6,7)8/h9-13,16,22,24-25,28H,14-15,17H2,1-8H3,(H2,33,37)(H,34,40)(H,35,38). The number of benzene rings is 2. The number of nitrogens with one attached hydrogen (secondary N) is 2. The normalized spacial score (nSPS) is 17.7. The van der Waals surface area contributed by atoms with Gasteiger partial charge in [0.05, 0.1) is 0 Å². The number of carbonyl (C=O) groups excluding carboxylic acids is 4. The molecule has 4 N–H and O–H groups in total. The lowest BCUT2D eigenvalue weighted by Gasteiger charge is -2.35. The lowest BCUT2D eigenvalue weighted by molar-refractivity contribution is -0.142. The fraction of sp³-hybridized carbons (Fsp3) is 0.500. The number of rotatable bonds is 10. The number of hydrogen-bond acceptors (Lipinski definition) is 5. The van der Waals surface area contributed by atoms with Gasteiger partial charge in [0.2, 0.25) is 11.8 Å². The van der Waals surface area contributed by atoms with Gasteiger partial charge in [-0.2, -0.15) is 0 Å². The Bertz CT molecular complexity index is 1300. The SMILES string of the molecule is Cc1ccc(C(C(=O)Nc2c(C)cccc2C)N(C(=O)C(CCC(N)=O)NC(=O)OC(C)(C)C)C2CC2C)cc1C. The summed E-state index contributed by atoms with van der Waals surface area (Å²) < 4.78 is 5.41. The Balaban J connectivity index is 2.08. The molecule has 2 aromatic carbocycles. The molecule has 0 aliphatic heterocycles. The lowest BCUT2D eigenvalue weighted by atomic mass is 9.97. The van der Waals surface area contributed by atoms with Gasteiger partial charge in [0, 0.05) is 18.2 Å². The van der Waals surface area contributed by atoms with Crippen molar-refractivity contribution in [2.45, 2.75) is 98.4 Å². The number of alkyl carbamates (subject to hydrolysis) is 1. The third-order valence-corrected chi connectivity index (χ3v) is 7.45. The molecular formula is C32H44N4O5. The van der Waals surface area contributed by atoms with E-state index >= 15 is 0 Å². The molecule has 3 rings (SSSR count). The van der Waals surface area contributed by atoms with E-state index < -0.39 is 35.6 Å². The average molecular weight is 565 g/mol. The quantitative estimate of drug-likeness (QED) is 0.374. The zero-order valence-electron chi connectivity index (χ0n) is 25.5. The van der Waals surface area contributed by atoms with Crippen LogP contribution in [-0.2, 0) is 19.1 Å². The van der Waals surface area contributed by atoms with E-state index in [2.05, 4.69) is 10.6 Å². The van der Waals surface area contributed by atoms with Gasteiger partial charge in [-0.25, -0.2) is 4.79 Å². The minimum absolute atomic E-state index is 0.0246. The smallest absolute Gasteiger partial charge is 0.408 e. The fourth-order valence-corrected chi connectivity index (χ4v) is 4.92. The molecule has 9 nitrogen and oxygen atoms in total. The molecule has 4 amide bonds. The van der Waals surface area contributed by atoms with Crippen molar-refractivity contribution in [3.05, 3.63) is 64.2 Å². The number of hydrogen-bond donors (Lipinski definition) is 3. The molecule has 4 atom stereocenters. The Morgan fingerprint density at radius 2 is 1.61 bits per heavy atom. The van der Waals surface area contributed by atoms with Crippen molar-refractivity contribution in [1.82, 2.24) is 10.2 Å². The zero-order valence-corrected chi connectivity index (χ0v) is 25.5. The summed E-state index contributed by atoms with van der Waals surface area (Å²) >= 11 is 0. The van der Waals surface area contributed by atoms with Crippen molar-refractivity contribution >= 4 is 29.5 Å². The molecule has 222 valence electrons. The van der Waals surface area contributed by atoms with Crippen LogP contribution in [0.3, 0.4) is 0 Å². The molecule has 1 fully saturated rings. The Hall–Kier alpha value is -3.88. The summed E-state index contributed by atoms with van der Waals surface area (Å²) in [7, 11) is 0. The molecule has 1 saturated carbocycles. The number of amides is 4. The third-order valence-electron chi connectivity index (χ3n) is 7.45. The Kier molecular flexibility index (Phi) is 9.84. The van der Waals surface area contributed by atoms with Crippen LogP contribution in [0.1, 0.15) is 80.8 Å². The number of para-hydroxylation sites is 1. The van der Waals surface area contributed by atoms with Gasteiger partial charge in [0.1, 0.15) is 17.7 Å². The van der Waals surface area contributed by atoms with Gasteiger partial charge in [-0.05, 0) is 95.0 Å². The number of primary amides is 1. The van der Waals surface area contributed by atoms with E-state index in [0.29, 0.717) is 17.7 Å². The van der Waals surface area contributed by atoms with Crippen molar-refractivity contribution in [2.75, 3.05) is 5.32 Å². The van der Waals surface area contributed by atoms with Gasteiger partial charge >= 0.3 is 6.09 Å². The number of anilines is 1. The van der Waals surface area contributed by atoms with Gasteiger partial charge in [-0.3, -0.25) is 14.4 Å². The van der Waals surface area contributed by atoms with Crippen LogP contribution in [-0.4, -0.2) is 46.4 Å². The second-order valence-corrected chi connectivity index (χ2v) is 12.2. The fourth-order valence-electron chi connectivity index (χ4n) is 4.92. The van der Waals surface area contributed by atoms with Crippen LogP contribution >= 0.6 is 0 Å². The number of nitrogens with zero attached hydrogens (tertiary/aromatic N) is 1. The average Bonchev–Trinajstić information content (AvgIpc) is 3.58. The molecular weight excluding hydrogens is 520 g/mol. The Morgan fingerprint density at radius 1 is 1.00 bits per heavy atom. The van der Waals surface area contributed by atoms with Gasteiger partial charge < -0.3 is 26.0 Å². The molecule has 0 bridgehead atoms. The molecule has 1 aliphatic carbocycles. The summed E-state index contributed by atoms with van der Waals surface area (Å²) in [5, 5.41) is 5.73. The van der Waals surface area contributed by atoms with Gasteiger partial charge in [-0.1, -0.05) is 43.3 Å². The highest BCUT2D eigenvalue weighted by molar-refractivity contribution is 6.00. The minimum atomic E-state index is -1.12. The largest absolute Gasteiger partial charge is 0.444 e. The van der Waals surface area contributed by atoms with E-state index in [1.807, 2.05) is 71.0 Å². The first-order chi connectivity index (χ1) is 19.1. The third kappa shape index (κ3) is 8.31. The van der Waals surface area contributed by atoms with E-state index in [0.717, 1.165) is 22.3 Å². The van der Waals surface area contributed by atoms with E-state index in [4.69, 9.17) is 10.5 Å². The highest BCUT2D eigenvalue weighted by Gasteiger charge is 2.48. The molecule has 2 aromatic rings. The van der Waals surface area contributed by atoms with Crippen LogP contribution in [0.15, 0.2) is 36.4 Å². The second-order valence-electron chi connectivity index (χ2n) is 12.2. The van der Waals surface area contributed by atoms with Crippen LogP contribution in [0.2, 0.25) is 0 Å². The first kappa shape index (κ1) is 31.6. The zero-order chi connectivity index (χ0) is 30.6. The predicted molar refractivity (Wildman–Crippen MR) is 159 cm³/mol. The monoisotopic (exact) mass is 564 g/mol. The molecule has 0 spiro atoms. The summed E-state index contributed by atoms with van der Waals surface area (Å²) in [6, 6.07) is 9.17. The topological polar surface area (TPSA) is 131 Å². The summed E-state index contributed by atoms with van der Waals surface area (Å²) in [5.41, 5.74) is 9.84. The predicted octanol–water partition coefficient (Wildman–Crippen LogP) is 5.00. The van der Waals surface area contributed by atoms with Gasteiger partial charge in [0.25, 0.3) is 5.91 Å². The molecule has 0 heterocycles. The maximum atomic E-state index is 14.4. The molecule has 1 aliphatic rings. The maximum absolute atomic E-state index is 14.4. The molecule has 41 heavy (non-hydrogen) atoms. The van der Waals surface area contributed by atoms with E-state index in [1.54, 1.807) is 25.7 Å². The molecule has 9 heteroatoms. The van der Waals surface area contributed by atoms with Crippen molar-refractivity contribution in [3.8, 4) is 0 Å². The first-order valence-corrected chi connectivity index (χ1v) is 14.1. The highest BCUT2D eigenvalue weighted by atomic mass is 16.6. The van der Waals surface area contributed by atoms with Crippen molar-refractivity contribution < 1.29 is 23.9 Å². The maximum Gasteiger partial charge on any atom is 0.408 e. The Labute approximate surface area is 243 Å². The van der Waals surface area contributed by atoms with Crippen molar-refractivity contribution in [3.63, 3.8) is 0 Å². The summed E-state index contributed by atoms with van der Waals surface area (Å²) in [5.74, 6) is -1.27. The van der Waals surface area contributed by atoms with Crippen LogP contribution in [0.5, 0.6) is 0 Å². The van der Waals surface area contributed by atoms with Gasteiger partial charge in [-0.15, -0.1) is 0 Å². The number of nitrogens with two attached hydrogens (primary N) is 1. The van der Waals surface area contributed by atoms with Gasteiger partial charge in [0.15, 0.2) is 0 Å². The summed E-state index contributed by atoms with van der Waals surface area (Å²) in [4.78, 5) is 54.6. The summed E-state index contributed by atoms with van der Waals surface area (Å²) in [6.45, 7) is 15.0. The molecule has 0 radical (unpaired) electrons. The van der Waals surface area contributed by atoms with E-state index in [9.17, 15) is 19.2 Å². The van der Waals surface area contributed by atoms with Crippen molar-refractivity contribution in [1.29, 1.82) is 0 Å². The number of ether oxygens (including phenoxy) is 1. The van der Waals surface area contributed by atoms with E-state index in [1.165, 1.54) is 0 Å². The summed E-state index contributed by atoms with van der Waals surface area (Å²) in [6.07, 6.45) is -0.225. The first-order valence-electron chi connectivity index (χ1n) is 14.1. The highest BCUT2D eigenvalue weighted by Crippen LogP contribution is 2.41. The number of aryl methyl sites for hydroxylation is 4. The minimum Gasteiger partial charge on any atom is -0.444 e. The van der Waals surface area contributed by atoms with Crippen LogP contribution < -0.4 is 16.4 Å². The Morgan fingerprint density at radius 3 is 2.12 bits per heavy atom.